The summed E-state index contributed by atoms with van der Waals surface area (Å²) >= 11 is 11.7. The number of nitrogens with zero attached hydrogens (tertiary/aromatic N) is 1. The van der Waals surface area contributed by atoms with Crippen molar-refractivity contribution in [2.24, 2.45) is 0 Å². The van der Waals surface area contributed by atoms with Gasteiger partial charge in [-0.15, -0.1) is 23.2 Å². The number of alkyl halides is 2. The van der Waals surface area contributed by atoms with Gasteiger partial charge >= 0.3 is 12.1 Å². The average Bonchev–Trinajstić information content (AvgIpc) is 2.73. The van der Waals surface area contributed by atoms with Crippen LogP contribution in [0.4, 0.5) is 10.5 Å². The van der Waals surface area contributed by atoms with E-state index < -0.39 is 18.1 Å². The third-order valence-electron chi connectivity index (χ3n) is 4.25. The van der Waals surface area contributed by atoms with Crippen molar-refractivity contribution in [3.8, 4) is 0 Å². The maximum absolute atomic E-state index is 12.0. The molecule has 0 radical (unpaired) electrons. The third kappa shape index (κ3) is 7.83. The normalized spacial score (nSPS) is 11.5. The molecule has 0 fully saturated rings. The van der Waals surface area contributed by atoms with Crippen LogP contribution in [0.15, 0.2) is 54.6 Å². The van der Waals surface area contributed by atoms with Gasteiger partial charge in [0.15, 0.2) is 0 Å². The summed E-state index contributed by atoms with van der Waals surface area (Å²) in [7, 11) is 0. The van der Waals surface area contributed by atoms with E-state index in [1.807, 2.05) is 54.6 Å². The molecule has 0 saturated carbocycles. The van der Waals surface area contributed by atoms with Gasteiger partial charge in [-0.05, 0) is 23.3 Å². The molecule has 8 heteroatoms. The third-order valence-corrected chi connectivity index (χ3v) is 4.59. The molecular formula is C21H24Cl2N2O4. The molecule has 1 unspecified atom stereocenters. The summed E-state index contributed by atoms with van der Waals surface area (Å²) in [6.07, 6.45) is -0.630. The van der Waals surface area contributed by atoms with Crippen LogP contribution in [0.2, 0.25) is 0 Å². The van der Waals surface area contributed by atoms with Crippen LogP contribution in [0.3, 0.4) is 0 Å². The molecule has 2 rings (SSSR count). The van der Waals surface area contributed by atoms with Gasteiger partial charge in [-0.2, -0.15) is 0 Å². The first-order valence-electron chi connectivity index (χ1n) is 9.19. The first-order valence-corrected chi connectivity index (χ1v) is 10.3. The Labute approximate surface area is 180 Å². The smallest absolute Gasteiger partial charge is 0.408 e. The molecular weight excluding hydrogens is 415 g/mol. The van der Waals surface area contributed by atoms with Gasteiger partial charge in [0.2, 0.25) is 0 Å². The minimum Gasteiger partial charge on any atom is -0.480 e. The zero-order chi connectivity index (χ0) is 21.1. The molecule has 1 amide bonds. The van der Waals surface area contributed by atoms with Crippen LogP contribution in [-0.4, -0.2) is 48.1 Å². The van der Waals surface area contributed by atoms with Crippen molar-refractivity contribution in [3.63, 3.8) is 0 Å². The van der Waals surface area contributed by atoms with Crippen molar-refractivity contribution in [1.29, 1.82) is 0 Å². The summed E-state index contributed by atoms with van der Waals surface area (Å²) < 4.78 is 5.11. The van der Waals surface area contributed by atoms with Gasteiger partial charge in [-0.25, -0.2) is 9.59 Å². The number of amides is 1. The van der Waals surface area contributed by atoms with Gasteiger partial charge < -0.3 is 20.1 Å². The number of benzene rings is 2. The van der Waals surface area contributed by atoms with Crippen molar-refractivity contribution in [2.45, 2.75) is 19.1 Å². The number of alkyl carbamates (subject to hydrolysis) is 1. The van der Waals surface area contributed by atoms with E-state index in [4.69, 9.17) is 27.9 Å². The molecule has 0 spiro atoms. The SMILES string of the molecule is O=C(NC(Cc1ccc(N(CCCl)CCCl)cc1)C(=O)O)OCc1ccccc1. The lowest BCUT2D eigenvalue weighted by atomic mass is 10.1. The number of halogens is 2. The topological polar surface area (TPSA) is 78.9 Å². The van der Waals surface area contributed by atoms with E-state index in [1.54, 1.807) is 0 Å². The largest absolute Gasteiger partial charge is 0.480 e. The Hall–Kier alpha value is -2.44. The van der Waals surface area contributed by atoms with E-state index >= 15 is 0 Å². The molecule has 2 N–H and O–H groups in total. The Morgan fingerprint density at radius 2 is 1.59 bits per heavy atom. The summed E-state index contributed by atoms with van der Waals surface area (Å²) in [6.45, 7) is 1.41. The molecule has 6 nitrogen and oxygen atoms in total. The van der Waals surface area contributed by atoms with Crippen LogP contribution in [0, 0.1) is 0 Å². The van der Waals surface area contributed by atoms with E-state index in [2.05, 4.69) is 10.2 Å². The highest BCUT2D eigenvalue weighted by Crippen LogP contribution is 2.17. The Morgan fingerprint density at radius 3 is 2.14 bits per heavy atom. The average molecular weight is 439 g/mol. The Balaban J connectivity index is 1.93. The monoisotopic (exact) mass is 438 g/mol. The maximum Gasteiger partial charge on any atom is 0.408 e. The van der Waals surface area contributed by atoms with Crippen molar-refractivity contribution in [3.05, 3.63) is 65.7 Å². The molecule has 1 atom stereocenters. The highest BCUT2D eigenvalue weighted by Gasteiger charge is 2.21. The van der Waals surface area contributed by atoms with Crippen LogP contribution in [0.5, 0.6) is 0 Å². The Bertz CT molecular complexity index is 766. The Kier molecular flexibility index (Phi) is 9.60. The molecule has 0 aliphatic rings. The maximum atomic E-state index is 12.0. The lowest BCUT2D eigenvalue weighted by molar-refractivity contribution is -0.139. The van der Waals surface area contributed by atoms with Crippen molar-refractivity contribution in [1.82, 2.24) is 5.32 Å². The summed E-state index contributed by atoms with van der Waals surface area (Å²) in [5.41, 5.74) is 2.56. The van der Waals surface area contributed by atoms with Crippen LogP contribution in [0.1, 0.15) is 11.1 Å². The summed E-state index contributed by atoms with van der Waals surface area (Å²) in [4.78, 5) is 25.6. The summed E-state index contributed by atoms with van der Waals surface area (Å²) in [5, 5.41) is 11.9. The molecule has 29 heavy (non-hydrogen) atoms. The number of carbonyl (C=O) groups is 2. The van der Waals surface area contributed by atoms with Crippen molar-refractivity contribution in [2.75, 3.05) is 29.7 Å². The van der Waals surface area contributed by atoms with Gasteiger partial charge in [0, 0.05) is 37.0 Å². The number of hydrogen-bond donors (Lipinski definition) is 2. The first-order chi connectivity index (χ1) is 14.0. The van der Waals surface area contributed by atoms with E-state index in [0.717, 1.165) is 16.8 Å². The van der Waals surface area contributed by atoms with E-state index in [-0.39, 0.29) is 13.0 Å². The summed E-state index contributed by atoms with van der Waals surface area (Å²) in [6, 6.07) is 15.5. The number of anilines is 1. The van der Waals surface area contributed by atoms with Crippen LogP contribution < -0.4 is 10.2 Å². The van der Waals surface area contributed by atoms with Gasteiger partial charge in [0.1, 0.15) is 12.6 Å². The molecule has 0 aliphatic heterocycles. The molecule has 156 valence electrons. The molecule has 2 aromatic carbocycles. The standard InChI is InChI=1S/C21H24Cl2N2O4/c22-10-12-25(13-11-23)18-8-6-16(7-9-18)14-19(20(26)27)24-21(28)29-15-17-4-2-1-3-5-17/h1-9,19H,10-15H2,(H,24,28)(H,26,27). The van der Waals surface area contributed by atoms with Gasteiger partial charge in [-0.1, -0.05) is 42.5 Å². The number of ether oxygens (including phenoxy) is 1. The van der Waals surface area contributed by atoms with E-state index in [9.17, 15) is 14.7 Å². The molecule has 0 bridgehead atoms. The highest BCUT2D eigenvalue weighted by atomic mass is 35.5. The van der Waals surface area contributed by atoms with Crippen LogP contribution in [0.25, 0.3) is 0 Å². The molecule has 0 heterocycles. The van der Waals surface area contributed by atoms with Crippen LogP contribution in [-0.2, 0) is 22.6 Å². The second-order valence-corrected chi connectivity index (χ2v) is 7.09. The second kappa shape index (κ2) is 12.2. The van der Waals surface area contributed by atoms with Crippen molar-refractivity contribution < 1.29 is 19.4 Å². The minimum absolute atomic E-state index is 0.0741. The number of nitrogens with one attached hydrogen (secondary N) is 1. The van der Waals surface area contributed by atoms with Gasteiger partial charge in [0.25, 0.3) is 0 Å². The number of carbonyl (C=O) groups excluding carboxylic acids is 1. The Morgan fingerprint density at radius 1 is 0.966 bits per heavy atom. The van der Waals surface area contributed by atoms with Crippen molar-refractivity contribution >= 4 is 41.0 Å². The molecule has 0 saturated heterocycles. The first kappa shape index (κ1) is 22.8. The number of aliphatic carboxylic acids is 1. The molecule has 2 aromatic rings. The zero-order valence-electron chi connectivity index (χ0n) is 15.9. The fourth-order valence-corrected chi connectivity index (χ4v) is 3.17. The molecule has 0 aliphatic carbocycles. The predicted molar refractivity (Wildman–Crippen MR) is 115 cm³/mol. The quantitative estimate of drug-likeness (QED) is 0.520. The lowest BCUT2D eigenvalue weighted by Crippen LogP contribution is -2.42. The zero-order valence-corrected chi connectivity index (χ0v) is 17.4. The number of carboxylic acid groups (broad SMARTS) is 1. The van der Waals surface area contributed by atoms with E-state index in [1.165, 1.54) is 0 Å². The fraction of sp³-hybridized carbons (Fsp3) is 0.333. The highest BCUT2D eigenvalue weighted by molar-refractivity contribution is 6.18. The lowest BCUT2D eigenvalue weighted by Gasteiger charge is -2.23. The van der Waals surface area contributed by atoms with Gasteiger partial charge in [0.05, 0.1) is 0 Å². The second-order valence-electron chi connectivity index (χ2n) is 6.33. The predicted octanol–water partition coefficient (Wildman–Crippen LogP) is 3.89. The number of rotatable bonds is 11. The van der Waals surface area contributed by atoms with Crippen LogP contribution >= 0.6 is 23.2 Å². The fourth-order valence-electron chi connectivity index (χ4n) is 2.76. The number of hydrogen-bond acceptors (Lipinski definition) is 4. The summed E-state index contributed by atoms with van der Waals surface area (Å²) in [5.74, 6) is -0.166. The number of carboxylic acids is 1. The van der Waals surface area contributed by atoms with E-state index in [0.29, 0.717) is 24.8 Å². The minimum atomic E-state index is -1.13. The molecule has 0 aromatic heterocycles. The van der Waals surface area contributed by atoms with Gasteiger partial charge in [-0.3, -0.25) is 0 Å².